The van der Waals surface area contributed by atoms with Crippen molar-refractivity contribution in [1.82, 2.24) is 0 Å². The van der Waals surface area contributed by atoms with Crippen molar-refractivity contribution in [3.63, 3.8) is 0 Å². The molecular formula is C14H16ClNO3. The van der Waals surface area contributed by atoms with Crippen LogP contribution in [0.1, 0.15) is 25.8 Å². The van der Waals surface area contributed by atoms with Crippen molar-refractivity contribution in [3.8, 4) is 0 Å². The predicted octanol–water partition coefficient (Wildman–Crippen LogP) is 2.68. The lowest BCUT2D eigenvalue weighted by atomic mass is 10.1. The zero-order valence-electron chi connectivity index (χ0n) is 11.0. The number of anilines is 1. The topological polar surface area (TPSA) is 38.8 Å². The number of amides is 1. The Bertz CT molecular complexity index is 523. The van der Waals surface area contributed by atoms with Gasteiger partial charge in [0.15, 0.2) is 0 Å². The quantitative estimate of drug-likeness (QED) is 0.794. The van der Waals surface area contributed by atoms with Crippen molar-refractivity contribution in [2.45, 2.75) is 32.1 Å². The maximum Gasteiger partial charge on any atom is 0.292 e. The number of hydrogen-bond donors (Lipinski definition) is 0. The van der Waals surface area contributed by atoms with Crippen LogP contribution in [-0.2, 0) is 20.1 Å². The van der Waals surface area contributed by atoms with Gasteiger partial charge in [0.25, 0.3) is 11.7 Å². The average Bonchev–Trinajstić information content (AvgIpc) is 2.63. The first-order valence-electron chi connectivity index (χ1n) is 6.48. The molecule has 1 spiro atoms. The summed E-state index contributed by atoms with van der Waals surface area (Å²) in [6, 6.07) is 5.46. The fourth-order valence-electron chi connectivity index (χ4n) is 2.71. The SMILES string of the molecule is CC(C)N1C(=O)C2(OCCCO2)c2cccc(Cl)c21. The number of carbonyl (C=O) groups is 1. The molecule has 0 bridgehead atoms. The van der Waals surface area contributed by atoms with Crippen LogP contribution in [-0.4, -0.2) is 25.2 Å². The van der Waals surface area contributed by atoms with Crippen LogP contribution in [0.2, 0.25) is 5.02 Å². The third kappa shape index (κ3) is 1.71. The van der Waals surface area contributed by atoms with E-state index in [9.17, 15) is 4.79 Å². The van der Waals surface area contributed by atoms with Crippen LogP contribution >= 0.6 is 11.6 Å². The van der Waals surface area contributed by atoms with Gasteiger partial charge in [-0.3, -0.25) is 4.79 Å². The minimum absolute atomic E-state index is 0.000323. The lowest BCUT2D eigenvalue weighted by molar-refractivity contribution is -0.256. The van der Waals surface area contributed by atoms with Gasteiger partial charge in [-0.2, -0.15) is 0 Å². The summed E-state index contributed by atoms with van der Waals surface area (Å²) in [5.41, 5.74) is 1.43. The Labute approximate surface area is 117 Å². The van der Waals surface area contributed by atoms with E-state index in [0.29, 0.717) is 23.9 Å². The predicted molar refractivity (Wildman–Crippen MR) is 72.3 cm³/mol. The van der Waals surface area contributed by atoms with E-state index < -0.39 is 5.79 Å². The second-order valence-corrected chi connectivity index (χ2v) is 5.48. The standard InChI is InChI=1S/C14H16ClNO3/c1-9(2)16-12-10(5-3-6-11(12)15)14(13(16)17)18-7-4-8-19-14/h3,5-6,9H,4,7-8H2,1-2H3. The first-order valence-corrected chi connectivity index (χ1v) is 6.86. The number of ether oxygens (including phenoxy) is 2. The molecule has 0 aromatic heterocycles. The molecule has 4 nitrogen and oxygen atoms in total. The Morgan fingerprint density at radius 2 is 2.00 bits per heavy atom. The highest BCUT2D eigenvalue weighted by Gasteiger charge is 2.56. The van der Waals surface area contributed by atoms with Crippen LogP contribution in [0.3, 0.4) is 0 Å². The Morgan fingerprint density at radius 1 is 1.32 bits per heavy atom. The van der Waals surface area contributed by atoms with E-state index in [-0.39, 0.29) is 11.9 Å². The zero-order valence-corrected chi connectivity index (χ0v) is 11.7. The lowest BCUT2D eigenvalue weighted by Gasteiger charge is -2.33. The molecule has 2 aliphatic rings. The molecule has 0 radical (unpaired) electrons. The maximum absolute atomic E-state index is 12.8. The number of nitrogens with zero attached hydrogens (tertiary/aromatic N) is 1. The highest BCUT2D eigenvalue weighted by Crippen LogP contribution is 2.48. The van der Waals surface area contributed by atoms with Crippen LogP contribution in [0.5, 0.6) is 0 Å². The molecule has 0 aliphatic carbocycles. The fraction of sp³-hybridized carbons (Fsp3) is 0.500. The van der Waals surface area contributed by atoms with Crippen LogP contribution in [0, 0.1) is 0 Å². The largest absolute Gasteiger partial charge is 0.338 e. The molecule has 1 saturated heterocycles. The van der Waals surface area contributed by atoms with Crippen molar-refractivity contribution >= 4 is 23.2 Å². The van der Waals surface area contributed by atoms with Gasteiger partial charge >= 0.3 is 0 Å². The third-order valence-corrected chi connectivity index (χ3v) is 3.80. The van der Waals surface area contributed by atoms with Crippen LogP contribution < -0.4 is 4.90 Å². The van der Waals surface area contributed by atoms with E-state index in [4.69, 9.17) is 21.1 Å². The summed E-state index contributed by atoms with van der Waals surface area (Å²) in [6.45, 7) is 4.94. The number of halogens is 1. The summed E-state index contributed by atoms with van der Waals surface area (Å²) in [7, 11) is 0. The lowest BCUT2D eigenvalue weighted by Crippen LogP contribution is -2.48. The van der Waals surface area contributed by atoms with E-state index in [0.717, 1.165) is 12.0 Å². The van der Waals surface area contributed by atoms with Crippen LogP contribution in [0.4, 0.5) is 5.69 Å². The zero-order chi connectivity index (χ0) is 13.6. The molecule has 0 saturated carbocycles. The normalized spacial score (nSPS) is 21.3. The first-order chi connectivity index (χ1) is 9.08. The summed E-state index contributed by atoms with van der Waals surface area (Å²) < 4.78 is 11.5. The van der Waals surface area contributed by atoms with Crippen LogP contribution in [0.15, 0.2) is 18.2 Å². The van der Waals surface area contributed by atoms with Crippen molar-refractivity contribution in [2.24, 2.45) is 0 Å². The molecule has 1 amide bonds. The van der Waals surface area contributed by atoms with Gasteiger partial charge in [-0.05, 0) is 26.3 Å². The fourth-order valence-corrected chi connectivity index (χ4v) is 2.97. The summed E-state index contributed by atoms with van der Waals surface area (Å²) in [5, 5.41) is 0.550. The van der Waals surface area contributed by atoms with Crippen molar-refractivity contribution in [1.29, 1.82) is 0 Å². The second kappa shape index (κ2) is 4.47. The molecule has 102 valence electrons. The number of rotatable bonds is 1. The number of hydrogen-bond acceptors (Lipinski definition) is 3. The Morgan fingerprint density at radius 3 is 2.63 bits per heavy atom. The second-order valence-electron chi connectivity index (χ2n) is 5.07. The van der Waals surface area contributed by atoms with E-state index in [1.807, 2.05) is 26.0 Å². The molecule has 0 unspecified atom stereocenters. The van der Waals surface area contributed by atoms with Crippen molar-refractivity contribution in [3.05, 3.63) is 28.8 Å². The van der Waals surface area contributed by atoms with E-state index in [2.05, 4.69) is 0 Å². The first kappa shape index (κ1) is 12.9. The summed E-state index contributed by atoms with van der Waals surface area (Å²) in [6.07, 6.45) is 0.798. The van der Waals surface area contributed by atoms with Crippen molar-refractivity contribution in [2.75, 3.05) is 18.1 Å². The molecule has 0 atom stereocenters. The molecule has 2 aliphatic heterocycles. The van der Waals surface area contributed by atoms with Gasteiger partial charge in [0.1, 0.15) is 0 Å². The molecule has 1 aromatic carbocycles. The molecule has 5 heteroatoms. The monoisotopic (exact) mass is 281 g/mol. The smallest absolute Gasteiger partial charge is 0.292 e. The molecule has 1 fully saturated rings. The van der Waals surface area contributed by atoms with Gasteiger partial charge in [-0.1, -0.05) is 23.7 Å². The van der Waals surface area contributed by atoms with Gasteiger partial charge in [-0.25, -0.2) is 0 Å². The minimum atomic E-state index is -1.29. The Hall–Kier alpha value is -1.10. The van der Waals surface area contributed by atoms with E-state index in [1.54, 1.807) is 11.0 Å². The molecule has 1 aromatic rings. The molecular weight excluding hydrogens is 266 g/mol. The third-order valence-electron chi connectivity index (χ3n) is 3.50. The minimum Gasteiger partial charge on any atom is -0.338 e. The van der Waals surface area contributed by atoms with Gasteiger partial charge in [0.05, 0.1) is 23.9 Å². The van der Waals surface area contributed by atoms with Gasteiger partial charge in [0, 0.05) is 11.6 Å². The van der Waals surface area contributed by atoms with E-state index >= 15 is 0 Å². The number of carbonyl (C=O) groups excluding carboxylic acids is 1. The summed E-state index contributed by atoms with van der Waals surface area (Å²) in [4.78, 5) is 14.4. The summed E-state index contributed by atoms with van der Waals surface area (Å²) >= 11 is 6.27. The number of fused-ring (bicyclic) bond motifs is 2. The van der Waals surface area contributed by atoms with Crippen molar-refractivity contribution < 1.29 is 14.3 Å². The van der Waals surface area contributed by atoms with Crippen LogP contribution in [0.25, 0.3) is 0 Å². The highest BCUT2D eigenvalue weighted by molar-refractivity contribution is 6.35. The van der Waals surface area contributed by atoms with Gasteiger partial charge in [-0.15, -0.1) is 0 Å². The van der Waals surface area contributed by atoms with Gasteiger partial charge in [0.2, 0.25) is 0 Å². The average molecular weight is 282 g/mol. The maximum atomic E-state index is 12.8. The number of para-hydroxylation sites is 1. The molecule has 19 heavy (non-hydrogen) atoms. The molecule has 3 rings (SSSR count). The Balaban J connectivity index is 2.20. The number of benzene rings is 1. The Kier molecular flexibility index (Phi) is 3.04. The highest BCUT2D eigenvalue weighted by atomic mass is 35.5. The van der Waals surface area contributed by atoms with Gasteiger partial charge < -0.3 is 14.4 Å². The summed E-state index contributed by atoms with van der Waals surface area (Å²) in [5.74, 6) is -1.46. The van der Waals surface area contributed by atoms with E-state index in [1.165, 1.54) is 0 Å². The molecule has 2 heterocycles. The molecule has 0 N–H and O–H groups in total.